The molecule has 1 N–H and O–H groups in total. The third kappa shape index (κ3) is 11.4. The summed E-state index contributed by atoms with van der Waals surface area (Å²) >= 11 is 3.57. The Morgan fingerprint density at radius 1 is 0.257 bits per heavy atom. The Morgan fingerprint density at radius 3 is 1.17 bits per heavy atom. The second-order valence-electron chi connectivity index (χ2n) is 26.6. The summed E-state index contributed by atoms with van der Waals surface area (Å²) in [5, 5.41) is 18.1. The highest BCUT2D eigenvalue weighted by atomic mass is 79.9. The molecule has 0 fully saturated rings. The minimum Gasteiger partial charge on any atom is -0.454 e. The quantitative estimate of drug-likeness (QED) is 0.148. The second kappa shape index (κ2) is 26.8. The molecule has 0 atom stereocenters. The van der Waals surface area contributed by atoms with Crippen molar-refractivity contribution in [3.63, 3.8) is 0 Å². The Morgan fingerprint density at radius 2 is 0.638 bits per heavy atom. The van der Waals surface area contributed by atoms with Crippen LogP contribution in [-0.4, -0.2) is 13.7 Å². The highest BCUT2D eigenvalue weighted by Gasteiger charge is 2.25. The number of fused-ring (bicyclic) bond motifs is 16. The van der Waals surface area contributed by atoms with Crippen LogP contribution in [0.15, 0.2) is 403 Å². The number of halogens is 1. The van der Waals surface area contributed by atoms with E-state index in [0.29, 0.717) is 0 Å². The molecular weight excluding hydrogens is 1340 g/mol. The fourth-order valence-electron chi connectivity index (χ4n) is 15.6. The van der Waals surface area contributed by atoms with E-state index in [0.717, 1.165) is 60.5 Å². The smallest absolute Gasteiger partial charge is 0.160 e. The minimum absolute atomic E-state index is 0.869. The van der Waals surface area contributed by atoms with Gasteiger partial charge in [-0.3, -0.25) is 0 Å². The lowest BCUT2D eigenvalue weighted by Gasteiger charge is -2.26. The van der Waals surface area contributed by atoms with Crippen LogP contribution in [-0.2, 0) is 0 Å². The van der Waals surface area contributed by atoms with E-state index in [-0.39, 0.29) is 0 Å². The van der Waals surface area contributed by atoms with Crippen molar-refractivity contribution in [2.75, 3.05) is 10.2 Å². The van der Waals surface area contributed by atoms with Crippen molar-refractivity contribution in [2.45, 2.75) is 0 Å². The first-order valence-electron chi connectivity index (χ1n) is 35.6. The van der Waals surface area contributed by atoms with Crippen LogP contribution in [0.4, 0.5) is 28.4 Å². The van der Waals surface area contributed by atoms with Gasteiger partial charge in [-0.1, -0.05) is 265 Å². The molecule has 7 heteroatoms. The van der Waals surface area contributed by atoms with Gasteiger partial charge in [0.2, 0.25) is 0 Å². The average molecular weight is 1410 g/mol. The van der Waals surface area contributed by atoms with E-state index < -0.39 is 0 Å². The van der Waals surface area contributed by atoms with Gasteiger partial charge in [0.05, 0.1) is 38.8 Å². The first kappa shape index (κ1) is 62.5. The number of anilines is 5. The molecule has 496 valence electrons. The molecule has 21 rings (SSSR count). The van der Waals surface area contributed by atoms with E-state index in [1.54, 1.807) is 0 Å². The maximum atomic E-state index is 6.99. The molecule has 0 bridgehead atoms. The number of aromatic nitrogens is 3. The molecule has 4 heterocycles. The molecule has 0 amide bonds. The normalized spacial score (nSPS) is 11.5. The van der Waals surface area contributed by atoms with Crippen molar-refractivity contribution < 1.29 is 4.42 Å². The van der Waals surface area contributed by atoms with Crippen molar-refractivity contribution in [1.29, 1.82) is 0 Å². The first-order chi connectivity index (χ1) is 52.0. The number of benzene rings is 17. The Kier molecular flexibility index (Phi) is 16.0. The molecular formula is C98H66BrN5O. The molecule has 0 aliphatic rings. The molecule has 0 saturated heterocycles. The van der Waals surface area contributed by atoms with E-state index in [2.05, 4.69) is 422 Å². The standard InChI is InChI=1S/C50H32N2O.C30H22N2.C18H12BrN/c1-3-13-33(14-4-1)34-23-26-38(27-24-34)51(39-28-29-45-43(32-39)42-21-11-12-22-44(42)52(45)37-17-5-2-6-18-37)46-31-36-16-8-10-20-41(36)49-48-40-19-9-7-15-35(40)25-30-47(48)53-50(46)49;1-3-9-22(10-4-1)23-15-17-24(18-16-23)31-25-19-20-30-28(21-25)27-13-7-8-14-29(27)32(30)26-11-5-2-6-12-26;19-13-10-11-18-16(12-13)15-8-4-5-9-17(15)20(18)14-6-2-1-3-7-14/h1-32H;1-21,31H;1-12H. The summed E-state index contributed by atoms with van der Waals surface area (Å²) in [5.74, 6) is 0. The van der Waals surface area contributed by atoms with Gasteiger partial charge in [-0.25, -0.2) is 0 Å². The molecule has 105 heavy (non-hydrogen) atoms. The van der Waals surface area contributed by atoms with E-state index in [9.17, 15) is 0 Å². The van der Waals surface area contributed by atoms with Gasteiger partial charge in [0.15, 0.2) is 5.58 Å². The molecule has 0 radical (unpaired) electrons. The van der Waals surface area contributed by atoms with Crippen LogP contribution in [0.25, 0.3) is 148 Å². The number of nitrogens with one attached hydrogen (secondary N) is 1. The molecule has 0 unspecified atom stereocenters. The lowest BCUT2D eigenvalue weighted by atomic mass is 9.98. The minimum atomic E-state index is 0.869. The second-order valence-corrected chi connectivity index (χ2v) is 27.5. The number of furan rings is 1. The summed E-state index contributed by atoms with van der Waals surface area (Å²) in [6, 6.07) is 140. The van der Waals surface area contributed by atoms with Crippen LogP contribution in [0.1, 0.15) is 0 Å². The van der Waals surface area contributed by atoms with Gasteiger partial charge in [-0.05, 0) is 189 Å². The molecule has 0 aliphatic heterocycles. The summed E-state index contributed by atoms with van der Waals surface area (Å²) < 4.78 is 15.1. The number of rotatable bonds is 10. The molecule has 4 aromatic heterocycles. The predicted octanol–water partition coefficient (Wildman–Crippen LogP) is 27.9. The van der Waals surface area contributed by atoms with Crippen LogP contribution in [0, 0.1) is 0 Å². The van der Waals surface area contributed by atoms with Gasteiger partial charge in [-0.2, -0.15) is 0 Å². The van der Waals surface area contributed by atoms with Gasteiger partial charge in [0.1, 0.15) is 5.58 Å². The zero-order valence-electron chi connectivity index (χ0n) is 57.1. The highest BCUT2D eigenvalue weighted by Crippen LogP contribution is 2.49. The Labute approximate surface area is 615 Å². The zero-order valence-corrected chi connectivity index (χ0v) is 58.7. The van der Waals surface area contributed by atoms with Gasteiger partial charge in [0.25, 0.3) is 0 Å². The van der Waals surface area contributed by atoms with Crippen molar-refractivity contribution in [3.05, 3.63) is 399 Å². The van der Waals surface area contributed by atoms with Crippen molar-refractivity contribution in [2.24, 2.45) is 0 Å². The molecule has 17 aromatic carbocycles. The third-order valence-electron chi connectivity index (χ3n) is 20.4. The van der Waals surface area contributed by atoms with Crippen molar-refractivity contribution in [1.82, 2.24) is 13.7 Å². The Bertz CT molecular complexity index is 6790. The van der Waals surface area contributed by atoms with Gasteiger partial charge >= 0.3 is 0 Å². The fourth-order valence-corrected chi connectivity index (χ4v) is 16.0. The molecule has 6 nitrogen and oxygen atoms in total. The summed E-state index contributed by atoms with van der Waals surface area (Å²) in [6.07, 6.45) is 0. The monoisotopic (exact) mass is 1410 g/mol. The van der Waals surface area contributed by atoms with Gasteiger partial charge in [-0.15, -0.1) is 0 Å². The lowest BCUT2D eigenvalue weighted by Crippen LogP contribution is -2.10. The Balaban J connectivity index is 0.000000122. The van der Waals surface area contributed by atoms with Gasteiger partial charge < -0.3 is 28.3 Å². The van der Waals surface area contributed by atoms with E-state index in [1.807, 2.05) is 12.1 Å². The third-order valence-corrected chi connectivity index (χ3v) is 20.8. The number of para-hydroxylation sites is 6. The maximum Gasteiger partial charge on any atom is 0.160 e. The van der Waals surface area contributed by atoms with Gasteiger partial charge in [0, 0.05) is 87.4 Å². The van der Waals surface area contributed by atoms with E-state index in [1.165, 1.54) is 121 Å². The molecule has 0 spiro atoms. The summed E-state index contributed by atoms with van der Waals surface area (Å²) in [4.78, 5) is 2.38. The van der Waals surface area contributed by atoms with Crippen molar-refractivity contribution in [3.8, 4) is 39.3 Å². The number of hydrogen-bond acceptors (Lipinski definition) is 3. The number of hydrogen-bond donors (Lipinski definition) is 1. The topological polar surface area (TPSA) is 43.2 Å². The van der Waals surface area contributed by atoms with Crippen LogP contribution < -0.4 is 10.2 Å². The fraction of sp³-hybridized carbons (Fsp3) is 0. The van der Waals surface area contributed by atoms with Crippen molar-refractivity contribution >= 4 is 153 Å². The van der Waals surface area contributed by atoms with Crippen LogP contribution >= 0.6 is 15.9 Å². The SMILES string of the molecule is Brc1ccc2c(c1)c1ccccc1n2-c1ccccc1.c1ccc(-c2ccc(N(c3ccc4c(c3)c3ccccc3n4-c3ccccc3)c3cc4ccccc4c4c3oc3ccc5ccccc5c34)cc2)cc1.c1ccc(-c2ccc(Nc3ccc4c(c3)c3ccccc3n4-c3ccccc3)cc2)cc1. The zero-order chi connectivity index (χ0) is 69.7. The molecule has 21 aromatic rings. The van der Waals surface area contributed by atoms with E-state index >= 15 is 0 Å². The summed E-state index contributed by atoms with van der Waals surface area (Å²) in [6.45, 7) is 0. The maximum absolute atomic E-state index is 6.99. The lowest BCUT2D eigenvalue weighted by molar-refractivity contribution is 0.669. The summed E-state index contributed by atoms with van der Waals surface area (Å²) in [7, 11) is 0. The summed E-state index contributed by atoms with van der Waals surface area (Å²) in [5.41, 5.74) is 22.6. The Hall–Kier alpha value is -13.5. The van der Waals surface area contributed by atoms with Crippen LogP contribution in [0.5, 0.6) is 0 Å². The number of nitrogens with zero attached hydrogens (tertiary/aromatic N) is 4. The first-order valence-corrected chi connectivity index (χ1v) is 36.4. The largest absolute Gasteiger partial charge is 0.454 e. The molecule has 0 aliphatic carbocycles. The van der Waals surface area contributed by atoms with E-state index in [4.69, 9.17) is 4.42 Å². The average Bonchev–Trinajstić information content (AvgIpc) is 1.61. The van der Waals surface area contributed by atoms with Crippen LogP contribution in [0.2, 0.25) is 0 Å². The molecule has 0 saturated carbocycles. The van der Waals surface area contributed by atoms with Crippen LogP contribution in [0.3, 0.4) is 0 Å². The predicted molar refractivity (Wildman–Crippen MR) is 448 cm³/mol. The highest BCUT2D eigenvalue weighted by molar-refractivity contribution is 9.10.